The molecule has 4 rings (SSSR count). The third-order valence-corrected chi connectivity index (χ3v) is 3.90. The maximum absolute atomic E-state index is 12.0. The summed E-state index contributed by atoms with van der Waals surface area (Å²) >= 11 is 0. The maximum Gasteiger partial charge on any atom is 0.328 e. The van der Waals surface area contributed by atoms with E-state index in [4.69, 9.17) is 4.74 Å². The minimum absolute atomic E-state index is 0.502. The van der Waals surface area contributed by atoms with Gasteiger partial charge in [0, 0.05) is 7.05 Å². The molecule has 0 aromatic rings. The lowest BCUT2D eigenvalue weighted by molar-refractivity contribution is -0.189. The summed E-state index contributed by atoms with van der Waals surface area (Å²) in [5, 5.41) is 9.29. The van der Waals surface area contributed by atoms with Crippen LogP contribution in [0.2, 0.25) is 0 Å². The molecule has 4 atom stereocenters. The number of hydrogen-bond donors (Lipinski definition) is 1. The van der Waals surface area contributed by atoms with Crippen LogP contribution in [0.5, 0.6) is 0 Å². The van der Waals surface area contributed by atoms with Gasteiger partial charge in [-0.3, -0.25) is 24.1 Å². The highest BCUT2D eigenvalue weighted by molar-refractivity contribution is 6.15. The predicted octanol–water partition coefficient (Wildman–Crippen LogP) is -1.22. The fourth-order valence-electron chi connectivity index (χ4n) is 2.94. The van der Waals surface area contributed by atoms with Crippen molar-refractivity contribution in [3.8, 4) is 0 Å². The Labute approximate surface area is 101 Å². The van der Waals surface area contributed by atoms with E-state index in [1.54, 1.807) is 0 Å². The molecule has 2 fully saturated rings. The van der Waals surface area contributed by atoms with Crippen LogP contribution in [0.3, 0.4) is 0 Å². The SMILES string of the molecule is CN1C(=O)[C@H]2[C@H]3C=C[C@](C(=O)O)(C(=O)O3)[C@H]2C1=O. The van der Waals surface area contributed by atoms with Crippen LogP contribution in [0, 0.1) is 17.3 Å². The Morgan fingerprint density at radius 2 is 2.06 bits per heavy atom. The van der Waals surface area contributed by atoms with E-state index >= 15 is 0 Å². The molecule has 0 unspecified atom stereocenters. The number of hydrogen-bond acceptors (Lipinski definition) is 5. The largest absolute Gasteiger partial charge is 0.480 e. The number of ether oxygens (including phenoxy) is 1. The standard InChI is InChI=1S/C11H9NO6/c1-12-7(13)5-4-2-3-11(9(15)16,10(17)18-4)6(5)8(12)14/h2-6H,1H3,(H,15,16)/t4-,5+,6-,11+/m1/s1. The van der Waals surface area contributed by atoms with Gasteiger partial charge in [-0.15, -0.1) is 0 Å². The zero-order chi connectivity index (χ0) is 13.2. The first-order valence-corrected chi connectivity index (χ1v) is 5.36. The van der Waals surface area contributed by atoms with Gasteiger partial charge >= 0.3 is 11.9 Å². The molecule has 18 heavy (non-hydrogen) atoms. The molecular formula is C11H9NO6. The number of carboxylic acid groups (broad SMARTS) is 1. The van der Waals surface area contributed by atoms with Crippen LogP contribution in [0.15, 0.2) is 12.2 Å². The number of aliphatic carboxylic acids is 1. The van der Waals surface area contributed by atoms with E-state index in [-0.39, 0.29) is 0 Å². The lowest BCUT2D eigenvalue weighted by Crippen LogP contribution is -2.59. The van der Waals surface area contributed by atoms with Crippen molar-refractivity contribution in [2.45, 2.75) is 6.10 Å². The third kappa shape index (κ3) is 0.915. The van der Waals surface area contributed by atoms with Gasteiger partial charge in [0.15, 0.2) is 5.41 Å². The van der Waals surface area contributed by atoms with Crippen LogP contribution >= 0.6 is 0 Å². The van der Waals surface area contributed by atoms with Gasteiger partial charge in [-0.1, -0.05) is 6.08 Å². The van der Waals surface area contributed by atoms with E-state index in [2.05, 4.69) is 0 Å². The van der Waals surface area contributed by atoms with Crippen LogP contribution in [-0.2, 0) is 23.9 Å². The van der Waals surface area contributed by atoms with Gasteiger partial charge in [-0.2, -0.15) is 0 Å². The Morgan fingerprint density at radius 1 is 1.39 bits per heavy atom. The second kappa shape index (κ2) is 2.98. The summed E-state index contributed by atoms with van der Waals surface area (Å²) in [5.41, 5.74) is -2.06. The minimum Gasteiger partial charge on any atom is -0.480 e. The quantitative estimate of drug-likeness (QED) is 0.271. The van der Waals surface area contributed by atoms with E-state index in [1.807, 2.05) is 0 Å². The monoisotopic (exact) mass is 251 g/mol. The minimum atomic E-state index is -2.06. The number of amides is 2. The number of carbonyl (C=O) groups excluding carboxylic acids is 3. The highest BCUT2D eigenvalue weighted by Crippen LogP contribution is 2.51. The molecule has 0 saturated carbocycles. The molecule has 3 aliphatic heterocycles. The number of carbonyl (C=O) groups is 4. The van der Waals surface area contributed by atoms with Gasteiger partial charge in [0.1, 0.15) is 6.10 Å². The third-order valence-electron chi connectivity index (χ3n) is 3.90. The molecule has 0 aromatic carbocycles. The normalized spacial score (nSPS) is 41.1. The molecule has 0 aromatic heterocycles. The lowest BCUT2D eigenvalue weighted by atomic mass is 9.63. The van der Waals surface area contributed by atoms with Crippen LogP contribution < -0.4 is 0 Å². The van der Waals surface area contributed by atoms with Gasteiger partial charge in [0.05, 0.1) is 11.8 Å². The summed E-state index contributed by atoms with van der Waals surface area (Å²) in [4.78, 5) is 48.0. The van der Waals surface area contributed by atoms with Crippen LogP contribution in [-0.4, -0.2) is 46.9 Å². The Bertz CT molecular complexity index is 538. The first-order chi connectivity index (χ1) is 8.41. The van der Waals surface area contributed by atoms with Crippen LogP contribution in [0.1, 0.15) is 0 Å². The Hall–Kier alpha value is -2.18. The van der Waals surface area contributed by atoms with Crippen LogP contribution in [0.4, 0.5) is 0 Å². The van der Waals surface area contributed by atoms with E-state index in [0.717, 1.165) is 4.90 Å². The number of likely N-dealkylation sites (tertiary alicyclic amines) is 1. The van der Waals surface area contributed by atoms with E-state index in [0.29, 0.717) is 0 Å². The maximum atomic E-state index is 12.0. The van der Waals surface area contributed by atoms with Crippen molar-refractivity contribution >= 4 is 23.8 Å². The molecule has 0 radical (unpaired) electrons. The van der Waals surface area contributed by atoms with Crippen LogP contribution in [0.25, 0.3) is 0 Å². The molecule has 2 saturated heterocycles. The molecule has 1 N–H and O–H groups in total. The molecule has 7 heteroatoms. The molecule has 7 nitrogen and oxygen atoms in total. The van der Waals surface area contributed by atoms with Gasteiger partial charge < -0.3 is 9.84 Å². The number of imide groups is 1. The van der Waals surface area contributed by atoms with Crippen molar-refractivity contribution in [2.75, 3.05) is 7.05 Å². The van der Waals surface area contributed by atoms with Crippen molar-refractivity contribution in [2.24, 2.45) is 17.3 Å². The van der Waals surface area contributed by atoms with E-state index < -0.39 is 47.1 Å². The van der Waals surface area contributed by atoms with Crippen molar-refractivity contribution in [3.63, 3.8) is 0 Å². The molecule has 94 valence electrons. The van der Waals surface area contributed by atoms with Crippen molar-refractivity contribution < 1.29 is 29.0 Å². The van der Waals surface area contributed by atoms with Gasteiger partial charge in [-0.25, -0.2) is 0 Å². The summed E-state index contributed by atoms with van der Waals surface area (Å²) in [5.74, 6) is -5.69. The lowest BCUT2D eigenvalue weighted by Gasteiger charge is -2.42. The fourth-order valence-corrected chi connectivity index (χ4v) is 2.94. The van der Waals surface area contributed by atoms with Crippen molar-refractivity contribution in [1.82, 2.24) is 4.90 Å². The molecule has 0 spiro atoms. The molecule has 2 bridgehead atoms. The number of nitrogens with zero attached hydrogens (tertiary/aromatic N) is 1. The average molecular weight is 251 g/mol. The average Bonchev–Trinajstić information content (AvgIpc) is 2.56. The second-order valence-electron chi connectivity index (χ2n) is 4.64. The van der Waals surface area contributed by atoms with Gasteiger partial charge in [-0.05, 0) is 6.08 Å². The number of fused-ring (bicyclic) bond motifs is 1. The molecular weight excluding hydrogens is 242 g/mol. The fraction of sp³-hybridized carbons (Fsp3) is 0.455. The zero-order valence-electron chi connectivity index (χ0n) is 9.32. The summed E-state index contributed by atoms with van der Waals surface area (Å²) < 4.78 is 4.92. The highest BCUT2D eigenvalue weighted by atomic mass is 16.6. The summed E-state index contributed by atoms with van der Waals surface area (Å²) in [7, 11) is 1.28. The Balaban J connectivity index is 2.24. The van der Waals surface area contributed by atoms with E-state index in [9.17, 15) is 24.3 Å². The molecule has 1 aliphatic carbocycles. The highest BCUT2D eigenvalue weighted by Gasteiger charge is 2.70. The summed E-state index contributed by atoms with van der Waals surface area (Å²) in [6.45, 7) is 0. The van der Waals surface area contributed by atoms with Gasteiger partial charge in [0.2, 0.25) is 11.8 Å². The van der Waals surface area contributed by atoms with Gasteiger partial charge in [0.25, 0.3) is 0 Å². The number of esters is 1. The number of carboxylic acids is 1. The second-order valence-corrected chi connectivity index (χ2v) is 4.64. The molecule has 2 amide bonds. The number of rotatable bonds is 1. The van der Waals surface area contributed by atoms with Crippen molar-refractivity contribution in [3.05, 3.63) is 12.2 Å². The van der Waals surface area contributed by atoms with Crippen molar-refractivity contribution in [1.29, 1.82) is 0 Å². The predicted molar refractivity (Wildman–Crippen MR) is 53.8 cm³/mol. The molecule has 3 heterocycles. The first kappa shape index (κ1) is 10.9. The zero-order valence-corrected chi connectivity index (χ0v) is 9.32. The Kier molecular flexibility index (Phi) is 1.81. The molecule has 4 aliphatic rings. The van der Waals surface area contributed by atoms with E-state index in [1.165, 1.54) is 19.2 Å². The summed E-state index contributed by atoms with van der Waals surface area (Å²) in [6.07, 6.45) is 1.71. The summed E-state index contributed by atoms with van der Waals surface area (Å²) in [6, 6.07) is 0. The Morgan fingerprint density at radius 3 is 2.61 bits per heavy atom. The smallest absolute Gasteiger partial charge is 0.328 e. The first-order valence-electron chi connectivity index (χ1n) is 5.36. The topological polar surface area (TPSA) is 101 Å².